The van der Waals surface area contributed by atoms with Crippen LogP contribution in [0, 0.1) is 13.8 Å². The van der Waals surface area contributed by atoms with Crippen molar-refractivity contribution in [2.75, 3.05) is 5.32 Å². The van der Waals surface area contributed by atoms with Crippen LogP contribution in [-0.2, 0) is 0 Å². The van der Waals surface area contributed by atoms with Gasteiger partial charge in [0.25, 0.3) is 0 Å². The van der Waals surface area contributed by atoms with E-state index in [9.17, 15) is 4.79 Å². The average molecular weight is 273 g/mol. The summed E-state index contributed by atoms with van der Waals surface area (Å²) in [5.74, 6) is 0. The van der Waals surface area contributed by atoms with Crippen molar-refractivity contribution in [1.82, 2.24) is 10.3 Å². The SMILES string of the molecule is Cc1csc(NC(=O)N/C=C/c2ccccc2C)n1. The Bertz CT molecular complexity index is 604. The molecular weight excluding hydrogens is 258 g/mol. The first-order valence-corrected chi connectivity index (χ1v) is 6.75. The number of nitrogens with zero attached hydrogens (tertiary/aromatic N) is 1. The summed E-state index contributed by atoms with van der Waals surface area (Å²) in [5, 5.41) is 7.81. The van der Waals surface area contributed by atoms with Gasteiger partial charge in [-0.05, 0) is 31.1 Å². The highest BCUT2D eigenvalue weighted by Crippen LogP contribution is 2.13. The molecule has 98 valence electrons. The number of anilines is 1. The van der Waals surface area contributed by atoms with E-state index in [2.05, 4.69) is 15.6 Å². The highest BCUT2D eigenvalue weighted by atomic mass is 32.1. The summed E-state index contributed by atoms with van der Waals surface area (Å²) in [6.07, 6.45) is 3.49. The lowest BCUT2D eigenvalue weighted by atomic mass is 10.1. The normalized spacial score (nSPS) is 10.6. The molecule has 4 nitrogen and oxygen atoms in total. The van der Waals surface area contributed by atoms with Crippen molar-refractivity contribution in [2.45, 2.75) is 13.8 Å². The first-order valence-electron chi connectivity index (χ1n) is 5.87. The topological polar surface area (TPSA) is 54.0 Å². The quantitative estimate of drug-likeness (QED) is 0.898. The van der Waals surface area contributed by atoms with E-state index < -0.39 is 0 Å². The third-order valence-electron chi connectivity index (χ3n) is 2.51. The summed E-state index contributed by atoms with van der Waals surface area (Å²) < 4.78 is 0. The third kappa shape index (κ3) is 3.93. The Labute approximate surface area is 116 Å². The van der Waals surface area contributed by atoms with E-state index in [-0.39, 0.29) is 6.03 Å². The lowest BCUT2D eigenvalue weighted by Gasteiger charge is -2.01. The van der Waals surface area contributed by atoms with Crippen LogP contribution in [0.2, 0.25) is 0 Å². The smallest absolute Gasteiger partial charge is 0.314 e. The summed E-state index contributed by atoms with van der Waals surface area (Å²) in [7, 11) is 0. The largest absolute Gasteiger partial charge is 0.325 e. The third-order valence-corrected chi connectivity index (χ3v) is 3.38. The van der Waals surface area contributed by atoms with E-state index in [1.807, 2.05) is 49.6 Å². The van der Waals surface area contributed by atoms with Gasteiger partial charge in [-0.1, -0.05) is 24.3 Å². The zero-order chi connectivity index (χ0) is 13.7. The van der Waals surface area contributed by atoms with E-state index in [1.54, 1.807) is 6.20 Å². The van der Waals surface area contributed by atoms with Gasteiger partial charge in [0.15, 0.2) is 5.13 Å². The molecule has 0 radical (unpaired) electrons. The number of aromatic nitrogens is 1. The summed E-state index contributed by atoms with van der Waals surface area (Å²) in [6, 6.07) is 7.68. The fourth-order valence-electron chi connectivity index (χ4n) is 1.53. The number of carbonyl (C=O) groups is 1. The van der Waals surface area contributed by atoms with Gasteiger partial charge >= 0.3 is 6.03 Å². The molecule has 1 heterocycles. The fraction of sp³-hybridized carbons (Fsp3) is 0.143. The minimum atomic E-state index is -0.292. The molecule has 2 aromatic rings. The molecule has 1 aromatic heterocycles. The lowest BCUT2D eigenvalue weighted by molar-refractivity contribution is 0.255. The lowest BCUT2D eigenvalue weighted by Crippen LogP contribution is -2.23. The molecule has 2 rings (SSSR count). The molecule has 19 heavy (non-hydrogen) atoms. The molecule has 0 saturated carbocycles. The van der Waals surface area contributed by atoms with Crippen molar-refractivity contribution in [3.05, 3.63) is 52.7 Å². The Morgan fingerprint density at radius 2 is 2.11 bits per heavy atom. The van der Waals surface area contributed by atoms with Crippen LogP contribution in [0.15, 0.2) is 35.8 Å². The van der Waals surface area contributed by atoms with Crippen LogP contribution in [0.3, 0.4) is 0 Å². The number of urea groups is 1. The number of rotatable bonds is 3. The summed E-state index contributed by atoms with van der Waals surface area (Å²) in [5.41, 5.74) is 3.14. The minimum Gasteiger partial charge on any atom is -0.314 e. The Morgan fingerprint density at radius 3 is 2.79 bits per heavy atom. The first kappa shape index (κ1) is 13.3. The van der Waals surface area contributed by atoms with Gasteiger partial charge in [0.05, 0.1) is 5.69 Å². The average Bonchev–Trinajstić information content (AvgIpc) is 2.77. The van der Waals surface area contributed by atoms with Crippen LogP contribution in [0.5, 0.6) is 0 Å². The molecule has 0 aliphatic heterocycles. The van der Waals surface area contributed by atoms with Crippen molar-refractivity contribution in [2.24, 2.45) is 0 Å². The molecule has 0 bridgehead atoms. The van der Waals surface area contributed by atoms with Gasteiger partial charge in [0.1, 0.15) is 0 Å². The van der Waals surface area contributed by atoms with Crippen LogP contribution >= 0.6 is 11.3 Å². The van der Waals surface area contributed by atoms with Crippen LogP contribution in [0.4, 0.5) is 9.93 Å². The van der Waals surface area contributed by atoms with Crippen molar-refractivity contribution >= 4 is 28.6 Å². The molecule has 5 heteroatoms. The zero-order valence-electron chi connectivity index (χ0n) is 10.8. The molecule has 2 N–H and O–H groups in total. The number of aryl methyl sites for hydroxylation is 2. The summed E-state index contributed by atoms with van der Waals surface area (Å²) in [6.45, 7) is 3.91. The standard InChI is InChI=1S/C14H15N3OS/c1-10-5-3-4-6-12(10)7-8-15-13(18)17-14-16-11(2)9-19-14/h3-9H,1-2H3,(H2,15,16,17,18)/b8-7+. The summed E-state index contributed by atoms with van der Waals surface area (Å²) >= 11 is 1.40. The van der Waals surface area contributed by atoms with E-state index in [4.69, 9.17) is 0 Å². The van der Waals surface area contributed by atoms with Gasteiger partial charge in [-0.3, -0.25) is 5.32 Å². The van der Waals surface area contributed by atoms with E-state index in [1.165, 1.54) is 11.3 Å². The minimum absolute atomic E-state index is 0.292. The number of amides is 2. The number of benzene rings is 1. The van der Waals surface area contributed by atoms with Gasteiger partial charge in [-0.2, -0.15) is 0 Å². The number of nitrogens with one attached hydrogen (secondary N) is 2. The van der Waals surface area contributed by atoms with Crippen LogP contribution in [0.25, 0.3) is 6.08 Å². The molecule has 2 amide bonds. The Balaban J connectivity index is 1.88. The molecule has 0 atom stereocenters. The molecule has 0 spiro atoms. The predicted octanol–water partition coefficient (Wildman–Crippen LogP) is 3.55. The maximum atomic E-state index is 11.6. The zero-order valence-corrected chi connectivity index (χ0v) is 11.6. The molecule has 0 fully saturated rings. The Kier molecular flexibility index (Phi) is 4.30. The molecule has 0 unspecified atom stereocenters. The van der Waals surface area contributed by atoms with E-state index >= 15 is 0 Å². The molecule has 1 aromatic carbocycles. The molecular formula is C14H15N3OS. The van der Waals surface area contributed by atoms with Crippen LogP contribution in [-0.4, -0.2) is 11.0 Å². The van der Waals surface area contributed by atoms with Gasteiger partial charge in [-0.25, -0.2) is 9.78 Å². The number of carbonyl (C=O) groups excluding carboxylic acids is 1. The van der Waals surface area contributed by atoms with Crippen molar-refractivity contribution < 1.29 is 4.79 Å². The maximum absolute atomic E-state index is 11.6. The fourth-order valence-corrected chi connectivity index (χ4v) is 2.21. The van der Waals surface area contributed by atoms with E-state index in [0.29, 0.717) is 5.13 Å². The Hall–Kier alpha value is -2.14. The number of hydrogen-bond donors (Lipinski definition) is 2. The first-order chi connectivity index (χ1) is 9.15. The summed E-state index contributed by atoms with van der Waals surface area (Å²) in [4.78, 5) is 15.7. The second-order valence-electron chi connectivity index (χ2n) is 4.08. The molecule has 0 aliphatic rings. The monoisotopic (exact) mass is 273 g/mol. The van der Waals surface area contributed by atoms with Gasteiger partial charge < -0.3 is 5.32 Å². The van der Waals surface area contributed by atoms with Crippen LogP contribution < -0.4 is 10.6 Å². The van der Waals surface area contributed by atoms with Gasteiger partial charge in [0, 0.05) is 11.6 Å². The van der Waals surface area contributed by atoms with E-state index in [0.717, 1.165) is 16.8 Å². The molecule has 0 saturated heterocycles. The van der Waals surface area contributed by atoms with Gasteiger partial charge in [-0.15, -0.1) is 11.3 Å². The van der Waals surface area contributed by atoms with Crippen molar-refractivity contribution in [3.8, 4) is 0 Å². The van der Waals surface area contributed by atoms with Crippen molar-refractivity contribution in [1.29, 1.82) is 0 Å². The highest BCUT2D eigenvalue weighted by molar-refractivity contribution is 7.13. The number of thiazole rings is 1. The predicted molar refractivity (Wildman–Crippen MR) is 79.2 cm³/mol. The van der Waals surface area contributed by atoms with Gasteiger partial charge in [0.2, 0.25) is 0 Å². The second-order valence-corrected chi connectivity index (χ2v) is 4.94. The van der Waals surface area contributed by atoms with Crippen molar-refractivity contribution in [3.63, 3.8) is 0 Å². The number of hydrogen-bond acceptors (Lipinski definition) is 3. The van der Waals surface area contributed by atoms with Crippen LogP contribution in [0.1, 0.15) is 16.8 Å². The highest BCUT2D eigenvalue weighted by Gasteiger charge is 2.02. The second kappa shape index (κ2) is 6.15. The maximum Gasteiger partial charge on any atom is 0.325 e. The Morgan fingerprint density at radius 1 is 1.32 bits per heavy atom. The molecule has 0 aliphatic carbocycles.